The van der Waals surface area contributed by atoms with Crippen molar-refractivity contribution in [3.8, 4) is 11.3 Å². The van der Waals surface area contributed by atoms with E-state index in [1.165, 1.54) is 0 Å². The highest BCUT2D eigenvalue weighted by Gasteiger charge is 2.01. The maximum atomic E-state index is 4.59. The average Bonchev–Trinajstić information content (AvgIpc) is 2.37. The zero-order valence-corrected chi connectivity index (χ0v) is 11.4. The van der Waals surface area contributed by atoms with E-state index in [4.69, 9.17) is 0 Å². The summed E-state index contributed by atoms with van der Waals surface area (Å²) >= 11 is 3.48. The lowest BCUT2D eigenvalue weighted by Gasteiger charge is -2.06. The van der Waals surface area contributed by atoms with Crippen molar-refractivity contribution in [3.63, 3.8) is 0 Å². The maximum Gasteiger partial charge on any atom is 0.126 e. The van der Waals surface area contributed by atoms with Crippen LogP contribution in [0.3, 0.4) is 0 Å². The van der Waals surface area contributed by atoms with Crippen molar-refractivity contribution < 1.29 is 0 Å². The number of halogens is 1. The third kappa shape index (κ3) is 3.30. The number of hydrogen-bond donors (Lipinski definition) is 1. The van der Waals surface area contributed by atoms with Crippen molar-refractivity contribution >= 4 is 21.7 Å². The molecule has 0 unspecified atom stereocenters. The van der Waals surface area contributed by atoms with E-state index in [1.807, 2.05) is 30.3 Å². The lowest BCUT2D eigenvalue weighted by Crippen LogP contribution is -2.01. The fourth-order valence-electron chi connectivity index (χ4n) is 1.59. The Hall–Kier alpha value is -1.35. The Kier molecular flexibility index (Phi) is 4.15. The summed E-state index contributed by atoms with van der Waals surface area (Å²) in [5.41, 5.74) is 2.12. The summed E-state index contributed by atoms with van der Waals surface area (Å²) in [7, 11) is 0. The molecule has 0 amide bonds. The van der Waals surface area contributed by atoms with E-state index in [9.17, 15) is 0 Å². The second-order valence-electron chi connectivity index (χ2n) is 3.85. The normalized spacial score (nSPS) is 10.2. The van der Waals surface area contributed by atoms with Crippen LogP contribution in [-0.4, -0.2) is 11.5 Å². The van der Waals surface area contributed by atoms with Gasteiger partial charge in [-0.05, 0) is 30.7 Å². The Morgan fingerprint density at radius 1 is 1.18 bits per heavy atom. The van der Waals surface area contributed by atoms with Crippen LogP contribution in [0, 0.1) is 0 Å². The van der Waals surface area contributed by atoms with E-state index < -0.39 is 0 Å². The molecule has 2 aromatic rings. The topological polar surface area (TPSA) is 24.9 Å². The molecule has 1 N–H and O–H groups in total. The molecule has 1 heterocycles. The van der Waals surface area contributed by atoms with Gasteiger partial charge < -0.3 is 5.32 Å². The Morgan fingerprint density at radius 3 is 2.76 bits per heavy atom. The highest BCUT2D eigenvalue weighted by Crippen LogP contribution is 2.22. The lowest BCUT2D eigenvalue weighted by atomic mass is 10.1. The van der Waals surface area contributed by atoms with Gasteiger partial charge in [-0.1, -0.05) is 41.1 Å². The van der Waals surface area contributed by atoms with Crippen LogP contribution in [0.1, 0.15) is 13.3 Å². The summed E-state index contributed by atoms with van der Waals surface area (Å²) < 4.78 is 1.07. The first-order valence-electron chi connectivity index (χ1n) is 5.76. The number of hydrogen-bond acceptors (Lipinski definition) is 2. The Balaban J connectivity index is 2.26. The molecule has 2 rings (SSSR count). The molecule has 0 saturated carbocycles. The minimum Gasteiger partial charge on any atom is -0.370 e. The molecule has 0 saturated heterocycles. The van der Waals surface area contributed by atoms with Crippen LogP contribution in [0.15, 0.2) is 46.9 Å². The number of benzene rings is 1. The monoisotopic (exact) mass is 290 g/mol. The predicted octanol–water partition coefficient (Wildman–Crippen LogP) is 4.33. The molecular weight excluding hydrogens is 276 g/mol. The van der Waals surface area contributed by atoms with Gasteiger partial charge in [0.1, 0.15) is 5.82 Å². The smallest absolute Gasteiger partial charge is 0.126 e. The van der Waals surface area contributed by atoms with Crippen LogP contribution in [0.2, 0.25) is 0 Å². The van der Waals surface area contributed by atoms with E-state index in [0.29, 0.717) is 0 Å². The third-order valence-electron chi connectivity index (χ3n) is 2.43. The molecule has 0 aliphatic heterocycles. The van der Waals surface area contributed by atoms with Crippen LogP contribution < -0.4 is 5.32 Å². The molecule has 0 aliphatic rings. The highest BCUT2D eigenvalue weighted by atomic mass is 79.9. The lowest BCUT2D eigenvalue weighted by molar-refractivity contribution is 0.970. The molecule has 0 atom stereocenters. The summed E-state index contributed by atoms with van der Waals surface area (Å²) in [5, 5.41) is 3.30. The number of nitrogens with one attached hydrogen (secondary N) is 1. The van der Waals surface area contributed by atoms with Gasteiger partial charge in [0.25, 0.3) is 0 Å². The van der Waals surface area contributed by atoms with Gasteiger partial charge in [0.2, 0.25) is 0 Å². The molecule has 2 nitrogen and oxygen atoms in total. The fourth-order valence-corrected chi connectivity index (χ4v) is 1.99. The first-order valence-corrected chi connectivity index (χ1v) is 6.56. The van der Waals surface area contributed by atoms with Gasteiger partial charge in [0, 0.05) is 16.6 Å². The van der Waals surface area contributed by atoms with Gasteiger partial charge in [-0.15, -0.1) is 0 Å². The van der Waals surface area contributed by atoms with Crippen LogP contribution in [0.4, 0.5) is 5.82 Å². The number of anilines is 1. The second kappa shape index (κ2) is 5.82. The number of pyridine rings is 1. The average molecular weight is 291 g/mol. The number of nitrogens with zero attached hydrogens (tertiary/aromatic N) is 1. The van der Waals surface area contributed by atoms with Crippen molar-refractivity contribution in [3.05, 3.63) is 46.9 Å². The molecule has 0 aliphatic carbocycles. The van der Waals surface area contributed by atoms with Gasteiger partial charge in [0.05, 0.1) is 5.69 Å². The molecular formula is C14H15BrN2. The van der Waals surface area contributed by atoms with Gasteiger partial charge >= 0.3 is 0 Å². The summed E-state index contributed by atoms with van der Waals surface area (Å²) in [6, 6.07) is 14.2. The first kappa shape index (κ1) is 12.1. The van der Waals surface area contributed by atoms with E-state index >= 15 is 0 Å². The van der Waals surface area contributed by atoms with Crippen molar-refractivity contribution in [2.45, 2.75) is 13.3 Å². The van der Waals surface area contributed by atoms with Crippen LogP contribution in [0.25, 0.3) is 11.3 Å². The van der Waals surface area contributed by atoms with E-state index in [1.54, 1.807) is 0 Å². The number of aromatic nitrogens is 1. The summed E-state index contributed by atoms with van der Waals surface area (Å²) in [5.74, 6) is 0.935. The minimum atomic E-state index is 0.935. The molecule has 0 spiro atoms. The molecule has 3 heteroatoms. The van der Waals surface area contributed by atoms with Crippen molar-refractivity contribution in [2.75, 3.05) is 11.9 Å². The molecule has 17 heavy (non-hydrogen) atoms. The molecule has 1 aromatic heterocycles. The largest absolute Gasteiger partial charge is 0.370 e. The summed E-state index contributed by atoms with van der Waals surface area (Å²) in [6.07, 6.45) is 1.10. The first-order chi connectivity index (χ1) is 8.29. The highest BCUT2D eigenvalue weighted by molar-refractivity contribution is 9.10. The van der Waals surface area contributed by atoms with Crippen LogP contribution in [-0.2, 0) is 0 Å². The molecule has 1 aromatic carbocycles. The van der Waals surface area contributed by atoms with Gasteiger partial charge in [-0.3, -0.25) is 0 Å². The zero-order valence-electron chi connectivity index (χ0n) is 9.78. The van der Waals surface area contributed by atoms with E-state index in [-0.39, 0.29) is 0 Å². The Bertz CT molecular complexity index is 497. The zero-order chi connectivity index (χ0) is 12.1. The minimum absolute atomic E-state index is 0.935. The second-order valence-corrected chi connectivity index (χ2v) is 4.76. The molecule has 0 bridgehead atoms. The molecule has 88 valence electrons. The summed E-state index contributed by atoms with van der Waals surface area (Å²) in [6.45, 7) is 3.10. The quantitative estimate of drug-likeness (QED) is 0.906. The van der Waals surface area contributed by atoms with Gasteiger partial charge in [-0.25, -0.2) is 4.98 Å². The fraction of sp³-hybridized carbons (Fsp3) is 0.214. The van der Waals surface area contributed by atoms with Crippen LogP contribution in [0.5, 0.6) is 0 Å². The molecule has 0 fully saturated rings. The van der Waals surface area contributed by atoms with Crippen LogP contribution >= 0.6 is 15.9 Å². The third-order valence-corrected chi connectivity index (χ3v) is 2.92. The van der Waals surface area contributed by atoms with Crippen molar-refractivity contribution in [1.29, 1.82) is 0 Å². The molecule has 0 radical (unpaired) electrons. The Labute approximate surface area is 110 Å². The predicted molar refractivity (Wildman–Crippen MR) is 76.2 cm³/mol. The van der Waals surface area contributed by atoms with Crippen molar-refractivity contribution in [2.24, 2.45) is 0 Å². The number of rotatable bonds is 4. The standard InChI is InChI=1S/C14H15BrN2/c1-2-9-16-14-8-4-7-13(17-14)11-5-3-6-12(15)10-11/h3-8,10H,2,9H2,1H3,(H,16,17). The maximum absolute atomic E-state index is 4.59. The SMILES string of the molecule is CCCNc1cccc(-c2cccc(Br)c2)n1. The summed E-state index contributed by atoms with van der Waals surface area (Å²) in [4.78, 5) is 4.59. The Morgan fingerprint density at radius 2 is 2.00 bits per heavy atom. The van der Waals surface area contributed by atoms with Gasteiger partial charge in [-0.2, -0.15) is 0 Å². The van der Waals surface area contributed by atoms with E-state index in [2.05, 4.69) is 45.3 Å². The van der Waals surface area contributed by atoms with E-state index in [0.717, 1.165) is 34.5 Å². The van der Waals surface area contributed by atoms with Crippen molar-refractivity contribution in [1.82, 2.24) is 4.98 Å². The van der Waals surface area contributed by atoms with Gasteiger partial charge in [0.15, 0.2) is 0 Å².